The fourth-order valence-electron chi connectivity index (χ4n) is 3.95. The standard InChI is InChI=1S/C24H17F7N2O3S/c1-11-20(13-5-16(24(29,30)31)8-17(25)7-13)36-22(35)33(11)9-14-6-15(23(26,27)28)3-4-18(14)21-32-19(10-37-21)12(2)34/h3-8,10-11,20H,9H2,1-2H3/t11-,20-/m0/s1. The van der Waals surface area contributed by atoms with Crippen LogP contribution in [0, 0.1) is 5.82 Å². The lowest BCUT2D eigenvalue weighted by atomic mass is 9.99. The predicted octanol–water partition coefficient (Wildman–Crippen LogP) is 7.27. The van der Waals surface area contributed by atoms with Crippen LogP contribution in [0.5, 0.6) is 0 Å². The van der Waals surface area contributed by atoms with E-state index in [0.29, 0.717) is 12.1 Å². The molecule has 0 N–H and O–H groups in total. The number of hydrogen-bond acceptors (Lipinski definition) is 5. The Bertz CT molecular complexity index is 1370. The average Bonchev–Trinajstić information content (AvgIpc) is 3.38. The Morgan fingerprint density at radius 3 is 2.32 bits per heavy atom. The Labute approximate surface area is 209 Å². The highest BCUT2D eigenvalue weighted by atomic mass is 32.1. The molecule has 1 fully saturated rings. The Balaban J connectivity index is 1.71. The van der Waals surface area contributed by atoms with Crippen LogP contribution in [-0.4, -0.2) is 27.8 Å². The van der Waals surface area contributed by atoms with Gasteiger partial charge < -0.3 is 4.74 Å². The number of rotatable bonds is 5. The van der Waals surface area contributed by atoms with Gasteiger partial charge >= 0.3 is 18.4 Å². The molecule has 1 saturated heterocycles. The van der Waals surface area contributed by atoms with Crippen molar-refractivity contribution >= 4 is 23.2 Å². The summed E-state index contributed by atoms with van der Waals surface area (Å²) in [6, 6.07) is 3.67. The minimum absolute atomic E-state index is 0.0268. The van der Waals surface area contributed by atoms with Crippen molar-refractivity contribution < 1.29 is 45.1 Å². The van der Waals surface area contributed by atoms with Crippen molar-refractivity contribution in [2.45, 2.75) is 44.9 Å². The molecule has 1 aliphatic rings. The van der Waals surface area contributed by atoms with Gasteiger partial charge in [-0.15, -0.1) is 11.3 Å². The minimum Gasteiger partial charge on any atom is -0.439 e. The lowest BCUT2D eigenvalue weighted by Crippen LogP contribution is -2.31. The number of aromatic nitrogens is 1. The number of benzene rings is 2. The van der Waals surface area contributed by atoms with Crippen LogP contribution in [-0.2, 0) is 23.6 Å². The smallest absolute Gasteiger partial charge is 0.416 e. The normalized spacial score (nSPS) is 18.3. The van der Waals surface area contributed by atoms with E-state index < -0.39 is 54.1 Å². The Morgan fingerprint density at radius 1 is 1.05 bits per heavy atom. The third-order valence-electron chi connectivity index (χ3n) is 5.84. The van der Waals surface area contributed by atoms with E-state index in [-0.39, 0.29) is 33.2 Å². The molecule has 2 aromatic carbocycles. The molecule has 1 aromatic heterocycles. The number of alkyl halides is 6. The lowest BCUT2D eigenvalue weighted by Gasteiger charge is -2.23. The number of Topliss-reactive ketones (excluding diaryl/α,β-unsaturated/α-hetero) is 1. The molecule has 0 unspecified atom stereocenters. The fraction of sp³-hybridized carbons (Fsp3) is 0.292. The van der Waals surface area contributed by atoms with E-state index in [1.54, 1.807) is 0 Å². The van der Waals surface area contributed by atoms with Crippen molar-refractivity contribution in [1.29, 1.82) is 0 Å². The molecular weight excluding hydrogens is 529 g/mol. The van der Waals surface area contributed by atoms with Gasteiger partial charge in [-0.1, -0.05) is 6.07 Å². The summed E-state index contributed by atoms with van der Waals surface area (Å²) in [5.41, 5.74) is -2.13. The highest BCUT2D eigenvalue weighted by molar-refractivity contribution is 7.13. The van der Waals surface area contributed by atoms with Crippen LogP contribution in [0.2, 0.25) is 0 Å². The second-order valence-corrected chi connectivity index (χ2v) is 9.27. The predicted molar refractivity (Wildman–Crippen MR) is 118 cm³/mol. The van der Waals surface area contributed by atoms with Crippen LogP contribution in [0.25, 0.3) is 10.6 Å². The summed E-state index contributed by atoms with van der Waals surface area (Å²) < 4.78 is 99.0. The zero-order valence-electron chi connectivity index (χ0n) is 19.1. The molecule has 2 heterocycles. The van der Waals surface area contributed by atoms with Crippen LogP contribution in [0.3, 0.4) is 0 Å². The molecule has 13 heteroatoms. The van der Waals surface area contributed by atoms with Gasteiger partial charge in [0.1, 0.15) is 22.6 Å². The van der Waals surface area contributed by atoms with Gasteiger partial charge in [-0.2, -0.15) is 26.3 Å². The van der Waals surface area contributed by atoms with Gasteiger partial charge in [-0.25, -0.2) is 14.2 Å². The van der Waals surface area contributed by atoms with Crippen LogP contribution in [0.4, 0.5) is 35.5 Å². The first-order chi connectivity index (χ1) is 17.1. The zero-order chi connectivity index (χ0) is 27.3. The van der Waals surface area contributed by atoms with E-state index in [1.807, 2.05) is 0 Å². The molecule has 5 nitrogen and oxygen atoms in total. The minimum atomic E-state index is -4.85. The number of nitrogens with zero attached hydrogens (tertiary/aromatic N) is 2. The molecule has 1 aliphatic heterocycles. The molecule has 3 aromatic rings. The molecule has 0 bridgehead atoms. The molecule has 0 radical (unpaired) electrons. The first-order valence-electron chi connectivity index (χ1n) is 10.7. The van der Waals surface area contributed by atoms with E-state index in [1.165, 1.54) is 25.3 Å². The number of halogens is 7. The maximum absolute atomic E-state index is 13.9. The quantitative estimate of drug-likeness (QED) is 0.250. The maximum atomic E-state index is 13.9. The van der Waals surface area contributed by atoms with Crippen molar-refractivity contribution in [2.24, 2.45) is 0 Å². The van der Waals surface area contributed by atoms with Crippen molar-refractivity contribution in [3.8, 4) is 10.6 Å². The molecular formula is C24H17F7N2O3S. The van der Waals surface area contributed by atoms with Crippen molar-refractivity contribution in [3.05, 3.63) is 75.5 Å². The van der Waals surface area contributed by atoms with Gasteiger partial charge in [0.05, 0.1) is 23.7 Å². The summed E-state index contributed by atoms with van der Waals surface area (Å²) in [6.45, 7) is 2.30. The molecule has 37 heavy (non-hydrogen) atoms. The summed E-state index contributed by atoms with van der Waals surface area (Å²) in [4.78, 5) is 29.5. The molecule has 0 aliphatic carbocycles. The lowest BCUT2D eigenvalue weighted by molar-refractivity contribution is -0.138. The topological polar surface area (TPSA) is 59.5 Å². The van der Waals surface area contributed by atoms with Gasteiger partial charge in [0.25, 0.3) is 0 Å². The summed E-state index contributed by atoms with van der Waals surface area (Å²) >= 11 is 1.02. The van der Waals surface area contributed by atoms with Gasteiger partial charge in [-0.3, -0.25) is 9.69 Å². The van der Waals surface area contributed by atoms with E-state index >= 15 is 0 Å². The van der Waals surface area contributed by atoms with Crippen molar-refractivity contribution in [1.82, 2.24) is 9.88 Å². The molecule has 0 saturated carbocycles. The van der Waals surface area contributed by atoms with Gasteiger partial charge in [-0.05, 0) is 48.4 Å². The first-order valence-corrected chi connectivity index (χ1v) is 11.5. The average molecular weight is 546 g/mol. The molecule has 1 amide bonds. The third kappa shape index (κ3) is 5.45. The number of thiazole rings is 1. The number of carbonyl (C=O) groups excluding carboxylic acids is 2. The number of cyclic esters (lactones) is 1. The monoisotopic (exact) mass is 546 g/mol. The highest BCUT2D eigenvalue weighted by Crippen LogP contribution is 2.40. The number of ketones is 1. The highest BCUT2D eigenvalue weighted by Gasteiger charge is 2.42. The van der Waals surface area contributed by atoms with E-state index in [9.17, 15) is 40.3 Å². The van der Waals surface area contributed by atoms with Crippen LogP contribution >= 0.6 is 11.3 Å². The third-order valence-corrected chi connectivity index (χ3v) is 6.71. The zero-order valence-corrected chi connectivity index (χ0v) is 19.9. The van der Waals surface area contributed by atoms with Crippen LogP contribution < -0.4 is 0 Å². The van der Waals surface area contributed by atoms with Gasteiger partial charge in [0.15, 0.2) is 5.78 Å². The Hall–Kier alpha value is -3.48. The number of ether oxygens (including phenoxy) is 1. The van der Waals surface area contributed by atoms with Crippen molar-refractivity contribution in [3.63, 3.8) is 0 Å². The SMILES string of the molecule is CC(=O)c1csc(-c2ccc(C(F)(F)F)cc2CN2C(=O)O[C@H](c3cc(F)cc(C(F)(F)F)c3)[C@@H]2C)n1. The second kappa shape index (κ2) is 9.43. The van der Waals surface area contributed by atoms with Gasteiger partial charge in [0, 0.05) is 17.9 Å². The molecule has 0 spiro atoms. The van der Waals surface area contributed by atoms with E-state index in [0.717, 1.165) is 34.4 Å². The Kier molecular flexibility index (Phi) is 6.78. The van der Waals surface area contributed by atoms with Crippen LogP contribution in [0.1, 0.15) is 52.7 Å². The number of carbonyl (C=O) groups is 2. The number of hydrogen-bond donors (Lipinski definition) is 0. The van der Waals surface area contributed by atoms with Crippen LogP contribution in [0.15, 0.2) is 41.8 Å². The molecule has 196 valence electrons. The fourth-order valence-corrected chi connectivity index (χ4v) is 4.87. The summed E-state index contributed by atoms with van der Waals surface area (Å²) in [6.07, 6.45) is -11.8. The number of amides is 1. The second-order valence-electron chi connectivity index (χ2n) is 8.41. The van der Waals surface area contributed by atoms with E-state index in [2.05, 4.69) is 4.98 Å². The van der Waals surface area contributed by atoms with Gasteiger partial charge in [0.2, 0.25) is 0 Å². The molecule has 4 rings (SSSR count). The Morgan fingerprint density at radius 2 is 1.73 bits per heavy atom. The van der Waals surface area contributed by atoms with Crippen molar-refractivity contribution in [2.75, 3.05) is 0 Å². The first kappa shape index (κ1) is 26.6. The summed E-state index contributed by atoms with van der Waals surface area (Å²) in [5.74, 6) is -1.53. The summed E-state index contributed by atoms with van der Waals surface area (Å²) in [5, 5.41) is 1.69. The molecule has 2 atom stereocenters. The van der Waals surface area contributed by atoms with E-state index in [4.69, 9.17) is 4.74 Å². The summed E-state index contributed by atoms with van der Waals surface area (Å²) in [7, 11) is 0. The maximum Gasteiger partial charge on any atom is 0.416 e. The largest absolute Gasteiger partial charge is 0.439 e.